The van der Waals surface area contributed by atoms with Crippen LogP contribution in [0.1, 0.15) is 12.0 Å². The fourth-order valence-electron chi connectivity index (χ4n) is 3.00. The molecule has 1 N–H and O–H groups in total. The van der Waals surface area contributed by atoms with Crippen LogP contribution < -0.4 is 15.2 Å². The SMILES string of the molecule is N#CCC1COc2cc3[nH]c(=O)cc(C(F)(F)F)c3cc2N1CC(F)(F)F. The van der Waals surface area contributed by atoms with Crippen LogP contribution in [-0.4, -0.2) is 30.4 Å². The lowest BCUT2D eigenvalue weighted by Crippen LogP contribution is -2.47. The third-order valence-corrected chi connectivity index (χ3v) is 4.09. The zero-order valence-electron chi connectivity index (χ0n) is 13.4. The summed E-state index contributed by atoms with van der Waals surface area (Å²) in [7, 11) is 0. The van der Waals surface area contributed by atoms with Crippen molar-refractivity contribution in [2.45, 2.75) is 24.8 Å². The maximum atomic E-state index is 13.3. The van der Waals surface area contributed by atoms with Crippen molar-refractivity contribution in [3.63, 3.8) is 0 Å². The number of rotatable bonds is 2. The minimum absolute atomic E-state index is 0.101. The molecule has 27 heavy (non-hydrogen) atoms. The second-order valence-corrected chi connectivity index (χ2v) is 5.98. The molecule has 1 aromatic heterocycles. The van der Waals surface area contributed by atoms with E-state index in [1.54, 1.807) is 6.07 Å². The minimum atomic E-state index is -4.88. The number of benzene rings is 1. The van der Waals surface area contributed by atoms with Crippen LogP contribution in [0.25, 0.3) is 10.9 Å². The van der Waals surface area contributed by atoms with Gasteiger partial charge in [0.2, 0.25) is 5.56 Å². The van der Waals surface area contributed by atoms with Crippen LogP contribution in [0.4, 0.5) is 32.0 Å². The summed E-state index contributed by atoms with van der Waals surface area (Å²) < 4.78 is 84.1. The molecule has 1 unspecified atom stereocenters. The molecule has 0 aliphatic carbocycles. The molecule has 11 heteroatoms. The molecule has 1 aromatic carbocycles. The van der Waals surface area contributed by atoms with E-state index in [0.717, 1.165) is 17.0 Å². The van der Waals surface area contributed by atoms with Crippen LogP contribution in [0.3, 0.4) is 0 Å². The van der Waals surface area contributed by atoms with E-state index in [0.29, 0.717) is 6.07 Å². The van der Waals surface area contributed by atoms with Gasteiger partial charge in [0.25, 0.3) is 0 Å². The number of nitriles is 1. The maximum absolute atomic E-state index is 13.3. The highest BCUT2D eigenvalue weighted by molar-refractivity contribution is 5.89. The number of aromatic nitrogens is 1. The van der Waals surface area contributed by atoms with Gasteiger partial charge in [-0.1, -0.05) is 0 Å². The number of nitrogens with one attached hydrogen (secondary N) is 1. The number of anilines is 1. The molecule has 0 spiro atoms. The summed E-state index contributed by atoms with van der Waals surface area (Å²) in [5.41, 5.74) is -2.69. The van der Waals surface area contributed by atoms with Gasteiger partial charge in [0, 0.05) is 17.5 Å². The molecule has 144 valence electrons. The van der Waals surface area contributed by atoms with E-state index >= 15 is 0 Å². The smallest absolute Gasteiger partial charge is 0.417 e. The van der Waals surface area contributed by atoms with Crippen molar-refractivity contribution < 1.29 is 31.1 Å². The first-order valence-electron chi connectivity index (χ1n) is 7.61. The van der Waals surface area contributed by atoms with Crippen LogP contribution in [0.15, 0.2) is 23.0 Å². The Morgan fingerprint density at radius 3 is 2.52 bits per heavy atom. The molecule has 2 aromatic rings. The molecule has 0 saturated carbocycles. The fourth-order valence-corrected chi connectivity index (χ4v) is 3.00. The number of halogens is 6. The number of fused-ring (bicyclic) bond motifs is 2. The highest BCUT2D eigenvalue weighted by Crippen LogP contribution is 2.42. The summed E-state index contributed by atoms with van der Waals surface area (Å²) >= 11 is 0. The molecule has 1 aliphatic heterocycles. The number of ether oxygens (including phenoxy) is 1. The van der Waals surface area contributed by atoms with Gasteiger partial charge in [-0.2, -0.15) is 31.6 Å². The van der Waals surface area contributed by atoms with E-state index in [-0.39, 0.29) is 30.0 Å². The number of pyridine rings is 1. The molecule has 1 aliphatic rings. The molecule has 0 amide bonds. The van der Waals surface area contributed by atoms with E-state index in [1.165, 1.54) is 0 Å². The van der Waals surface area contributed by atoms with Crippen molar-refractivity contribution in [3.05, 3.63) is 34.1 Å². The highest BCUT2D eigenvalue weighted by atomic mass is 19.4. The summed E-state index contributed by atoms with van der Waals surface area (Å²) in [6, 6.07) is 3.09. The average Bonchev–Trinajstić information content (AvgIpc) is 2.53. The summed E-state index contributed by atoms with van der Waals surface area (Å²) in [6.45, 7) is -1.70. The lowest BCUT2D eigenvalue weighted by atomic mass is 10.0. The predicted molar refractivity (Wildman–Crippen MR) is 82.5 cm³/mol. The Labute approximate surface area is 147 Å². The Kier molecular flexibility index (Phi) is 4.45. The maximum Gasteiger partial charge on any atom is 0.417 e. The number of hydrogen-bond donors (Lipinski definition) is 1. The van der Waals surface area contributed by atoms with Crippen LogP contribution >= 0.6 is 0 Å². The predicted octanol–water partition coefficient (Wildman–Crippen LogP) is 3.59. The molecular formula is C16H11F6N3O2. The van der Waals surface area contributed by atoms with E-state index in [9.17, 15) is 31.1 Å². The number of H-pyrrole nitrogens is 1. The van der Waals surface area contributed by atoms with Gasteiger partial charge < -0.3 is 14.6 Å². The Morgan fingerprint density at radius 2 is 1.93 bits per heavy atom. The van der Waals surface area contributed by atoms with Crippen molar-refractivity contribution in [2.75, 3.05) is 18.1 Å². The van der Waals surface area contributed by atoms with Gasteiger partial charge in [0.15, 0.2) is 0 Å². The minimum Gasteiger partial charge on any atom is -0.489 e. The van der Waals surface area contributed by atoms with E-state index in [4.69, 9.17) is 10.00 Å². The van der Waals surface area contributed by atoms with Gasteiger partial charge in [-0.15, -0.1) is 0 Å². The van der Waals surface area contributed by atoms with Crippen LogP contribution in [0, 0.1) is 11.3 Å². The molecule has 0 fully saturated rings. The second-order valence-electron chi connectivity index (χ2n) is 5.98. The normalized spacial score (nSPS) is 17.4. The molecule has 0 radical (unpaired) electrons. The average molecular weight is 391 g/mol. The Bertz CT molecular complexity index is 973. The lowest BCUT2D eigenvalue weighted by molar-refractivity contribution is -0.136. The zero-order chi connectivity index (χ0) is 20.0. The molecule has 5 nitrogen and oxygen atoms in total. The summed E-state index contributed by atoms with van der Waals surface area (Å²) in [6.07, 6.45) is -9.82. The van der Waals surface area contributed by atoms with Crippen LogP contribution in [0.2, 0.25) is 0 Å². The Balaban J connectivity index is 2.24. The van der Waals surface area contributed by atoms with Crippen LogP contribution in [-0.2, 0) is 6.18 Å². The standard InChI is InChI=1S/C16H11F6N3O2/c17-15(18,19)7-25-8(1-2-23)6-27-13-5-11-9(3-12(13)25)10(16(20,21)22)4-14(26)24-11/h3-5,8H,1,6-7H2,(H,24,26). The van der Waals surface area contributed by atoms with Gasteiger partial charge in [0.1, 0.15) is 18.9 Å². The van der Waals surface area contributed by atoms with E-state index in [2.05, 4.69) is 4.98 Å². The van der Waals surface area contributed by atoms with Gasteiger partial charge in [-0.25, -0.2) is 0 Å². The summed E-state index contributed by atoms with van der Waals surface area (Å²) in [4.78, 5) is 14.6. The van der Waals surface area contributed by atoms with Crippen molar-refractivity contribution in [1.82, 2.24) is 4.98 Å². The number of nitrogens with zero attached hydrogens (tertiary/aromatic N) is 2. The molecule has 2 heterocycles. The fraction of sp³-hybridized carbons (Fsp3) is 0.375. The summed E-state index contributed by atoms with van der Waals surface area (Å²) in [5, 5.41) is 8.37. The van der Waals surface area contributed by atoms with Gasteiger partial charge >= 0.3 is 12.4 Å². The zero-order valence-corrected chi connectivity index (χ0v) is 13.4. The van der Waals surface area contributed by atoms with Crippen molar-refractivity contribution in [3.8, 4) is 11.8 Å². The largest absolute Gasteiger partial charge is 0.489 e. The first-order chi connectivity index (χ1) is 12.5. The van der Waals surface area contributed by atoms with Crippen molar-refractivity contribution in [2.24, 2.45) is 0 Å². The van der Waals surface area contributed by atoms with Gasteiger partial charge in [0.05, 0.1) is 35.3 Å². The van der Waals surface area contributed by atoms with Gasteiger partial charge in [-0.05, 0) is 6.07 Å². The first-order valence-corrected chi connectivity index (χ1v) is 7.61. The molecular weight excluding hydrogens is 380 g/mol. The Hall–Kier alpha value is -2.90. The van der Waals surface area contributed by atoms with Gasteiger partial charge in [-0.3, -0.25) is 4.79 Å². The molecule has 0 saturated heterocycles. The molecule has 0 bridgehead atoms. The number of hydrogen-bond acceptors (Lipinski definition) is 4. The Morgan fingerprint density at radius 1 is 1.22 bits per heavy atom. The lowest BCUT2D eigenvalue weighted by Gasteiger charge is -2.38. The van der Waals surface area contributed by atoms with Crippen molar-refractivity contribution in [1.29, 1.82) is 5.26 Å². The third-order valence-electron chi connectivity index (χ3n) is 4.09. The van der Waals surface area contributed by atoms with E-state index < -0.39 is 41.4 Å². The van der Waals surface area contributed by atoms with Crippen LogP contribution in [0.5, 0.6) is 5.75 Å². The number of aromatic amines is 1. The molecule has 1 atom stereocenters. The topological polar surface area (TPSA) is 69.1 Å². The van der Waals surface area contributed by atoms with E-state index in [1.807, 2.05) is 0 Å². The third kappa shape index (κ3) is 3.79. The summed E-state index contributed by atoms with van der Waals surface area (Å²) in [5.74, 6) is -0.101. The second kappa shape index (κ2) is 6.37. The van der Waals surface area contributed by atoms with Crippen molar-refractivity contribution >= 4 is 16.6 Å². The highest BCUT2D eigenvalue weighted by Gasteiger charge is 2.39. The molecule has 3 rings (SSSR count). The number of alkyl halides is 6. The monoisotopic (exact) mass is 391 g/mol. The quantitative estimate of drug-likeness (QED) is 0.795. The first kappa shape index (κ1) is 18.9.